The topological polar surface area (TPSA) is 0 Å². The molecule has 0 amide bonds. The maximum Gasteiger partial charge on any atom is -0.00264 e. The number of allylic oxidation sites excluding steroid dienone is 4. The molecule has 0 atom stereocenters. The molecule has 0 saturated heterocycles. The highest BCUT2D eigenvalue weighted by Crippen LogP contribution is 2.42. The molecule has 0 aliphatic heterocycles. The summed E-state index contributed by atoms with van der Waals surface area (Å²) in [5, 5.41) is 5.25. The van der Waals surface area contributed by atoms with Crippen LogP contribution in [0.3, 0.4) is 0 Å². The van der Waals surface area contributed by atoms with E-state index < -0.39 is 0 Å². The first kappa shape index (κ1) is 17.3. The largest absolute Gasteiger partial charge is 0.0874 e. The minimum atomic E-state index is 1.27. The Morgan fingerprint density at radius 2 is 1.11 bits per heavy atom. The Balaban J connectivity index is 2.23. The highest BCUT2D eigenvalue weighted by atomic mass is 14.2. The predicted octanol–water partition coefficient (Wildman–Crippen LogP) is 8.03. The molecule has 0 heteroatoms. The third-order valence-electron chi connectivity index (χ3n) is 5.38. The summed E-state index contributed by atoms with van der Waals surface area (Å²) in [5.74, 6) is 0. The number of rotatable bonds is 3. The Bertz CT molecular complexity index is 1120. The smallest absolute Gasteiger partial charge is 0.00264 e. The highest BCUT2D eigenvalue weighted by Gasteiger charge is 2.16. The lowest BCUT2D eigenvalue weighted by Crippen LogP contribution is -1.93. The average molecular weight is 348 g/mol. The second-order valence-electron chi connectivity index (χ2n) is 7.02. The van der Waals surface area contributed by atoms with E-state index in [0.29, 0.717) is 0 Å². The third-order valence-corrected chi connectivity index (χ3v) is 5.38. The molecule has 0 aromatic heterocycles. The van der Waals surface area contributed by atoms with Crippen LogP contribution in [-0.4, -0.2) is 0 Å². The summed E-state index contributed by atoms with van der Waals surface area (Å²) in [5.41, 5.74) is 6.57. The molecule has 4 rings (SSSR count). The van der Waals surface area contributed by atoms with Gasteiger partial charge in [0.15, 0.2) is 0 Å². The number of hydrogen-bond acceptors (Lipinski definition) is 0. The van der Waals surface area contributed by atoms with Crippen LogP contribution < -0.4 is 0 Å². The standard InChI is InChI=1S/C27H24/c1-4-12-19(2)20(3)26-22-15-8-10-17-24(22)27(21-13-6-5-7-14-21)25-18-11-9-16-23(25)26/h4-18H,1-3H3/b12-4-,20-19+. The predicted molar refractivity (Wildman–Crippen MR) is 120 cm³/mol. The molecule has 0 spiro atoms. The lowest BCUT2D eigenvalue weighted by atomic mass is 9.85. The van der Waals surface area contributed by atoms with E-state index in [9.17, 15) is 0 Å². The molecule has 0 aliphatic rings. The van der Waals surface area contributed by atoms with E-state index in [2.05, 4.69) is 112 Å². The minimum Gasteiger partial charge on any atom is -0.0874 e. The van der Waals surface area contributed by atoms with Gasteiger partial charge in [-0.25, -0.2) is 0 Å². The van der Waals surface area contributed by atoms with Crippen molar-refractivity contribution in [1.82, 2.24) is 0 Å². The summed E-state index contributed by atoms with van der Waals surface area (Å²) in [6.07, 6.45) is 4.31. The molecule has 0 radical (unpaired) electrons. The summed E-state index contributed by atoms with van der Waals surface area (Å²) < 4.78 is 0. The molecule has 0 nitrogen and oxygen atoms in total. The Labute approximate surface area is 161 Å². The molecular formula is C27H24. The zero-order valence-electron chi connectivity index (χ0n) is 16.2. The second kappa shape index (κ2) is 7.25. The molecule has 132 valence electrons. The molecule has 0 bridgehead atoms. The van der Waals surface area contributed by atoms with Crippen molar-refractivity contribution in [3.63, 3.8) is 0 Å². The zero-order valence-corrected chi connectivity index (χ0v) is 16.2. The van der Waals surface area contributed by atoms with Crippen molar-refractivity contribution in [2.24, 2.45) is 0 Å². The van der Waals surface area contributed by atoms with Gasteiger partial charge in [0.25, 0.3) is 0 Å². The molecule has 0 aliphatic carbocycles. The van der Waals surface area contributed by atoms with E-state index in [-0.39, 0.29) is 0 Å². The molecule has 0 fully saturated rings. The summed E-state index contributed by atoms with van der Waals surface area (Å²) in [6, 6.07) is 28.3. The van der Waals surface area contributed by atoms with Gasteiger partial charge in [0.2, 0.25) is 0 Å². The lowest BCUT2D eigenvalue weighted by molar-refractivity contribution is 1.47. The van der Waals surface area contributed by atoms with E-state index in [1.165, 1.54) is 49.4 Å². The zero-order chi connectivity index (χ0) is 18.8. The average Bonchev–Trinajstić information content (AvgIpc) is 2.72. The van der Waals surface area contributed by atoms with Gasteiger partial charge in [0.05, 0.1) is 0 Å². The van der Waals surface area contributed by atoms with Crippen molar-refractivity contribution in [2.45, 2.75) is 20.8 Å². The first-order chi connectivity index (χ1) is 13.2. The number of hydrogen-bond donors (Lipinski definition) is 0. The Kier molecular flexibility index (Phi) is 4.64. The van der Waals surface area contributed by atoms with Crippen LogP contribution in [0, 0.1) is 0 Å². The van der Waals surface area contributed by atoms with Crippen molar-refractivity contribution in [2.75, 3.05) is 0 Å². The van der Waals surface area contributed by atoms with Crippen molar-refractivity contribution >= 4 is 27.1 Å². The van der Waals surface area contributed by atoms with Crippen LogP contribution in [0.25, 0.3) is 38.2 Å². The minimum absolute atomic E-state index is 1.27. The fourth-order valence-corrected chi connectivity index (χ4v) is 4.02. The first-order valence-electron chi connectivity index (χ1n) is 9.51. The van der Waals surface area contributed by atoms with Gasteiger partial charge in [-0.1, -0.05) is 91.0 Å². The van der Waals surface area contributed by atoms with Crippen LogP contribution in [0.4, 0.5) is 0 Å². The summed E-state index contributed by atoms with van der Waals surface area (Å²) >= 11 is 0. The number of benzene rings is 4. The normalized spacial score (nSPS) is 12.7. The molecular weight excluding hydrogens is 324 g/mol. The maximum absolute atomic E-state index is 2.26. The van der Waals surface area contributed by atoms with Crippen LogP contribution in [0.15, 0.2) is 96.6 Å². The maximum atomic E-state index is 2.26. The van der Waals surface area contributed by atoms with Gasteiger partial charge in [0.1, 0.15) is 0 Å². The van der Waals surface area contributed by atoms with Crippen molar-refractivity contribution in [1.29, 1.82) is 0 Å². The summed E-state index contributed by atoms with van der Waals surface area (Å²) in [4.78, 5) is 0. The van der Waals surface area contributed by atoms with Crippen LogP contribution in [0.1, 0.15) is 26.3 Å². The van der Waals surface area contributed by atoms with Gasteiger partial charge in [-0.05, 0) is 70.2 Å². The summed E-state index contributed by atoms with van der Waals surface area (Å²) in [6.45, 7) is 6.52. The molecule has 0 heterocycles. The van der Waals surface area contributed by atoms with Crippen LogP contribution in [-0.2, 0) is 0 Å². The molecule has 4 aromatic rings. The van der Waals surface area contributed by atoms with Gasteiger partial charge in [-0.2, -0.15) is 0 Å². The van der Waals surface area contributed by atoms with E-state index >= 15 is 0 Å². The van der Waals surface area contributed by atoms with Gasteiger partial charge in [0, 0.05) is 0 Å². The highest BCUT2D eigenvalue weighted by molar-refractivity contribution is 6.18. The molecule has 4 aromatic carbocycles. The van der Waals surface area contributed by atoms with Gasteiger partial charge in [-0.15, -0.1) is 0 Å². The fourth-order valence-electron chi connectivity index (χ4n) is 4.02. The molecule has 0 saturated carbocycles. The SMILES string of the molecule is C/C=C\C(C)=C(/C)c1c2ccccc2c(-c2ccccc2)c2ccccc12. The van der Waals surface area contributed by atoms with Crippen LogP contribution >= 0.6 is 0 Å². The molecule has 27 heavy (non-hydrogen) atoms. The number of fused-ring (bicyclic) bond motifs is 2. The fraction of sp³-hybridized carbons (Fsp3) is 0.111. The van der Waals surface area contributed by atoms with Crippen molar-refractivity contribution < 1.29 is 0 Å². The first-order valence-corrected chi connectivity index (χ1v) is 9.51. The second-order valence-corrected chi connectivity index (χ2v) is 7.02. The molecule has 0 unspecified atom stereocenters. The van der Waals surface area contributed by atoms with Gasteiger partial charge < -0.3 is 0 Å². The van der Waals surface area contributed by atoms with Gasteiger partial charge in [-0.3, -0.25) is 0 Å². The van der Waals surface area contributed by atoms with E-state index in [4.69, 9.17) is 0 Å². The van der Waals surface area contributed by atoms with Gasteiger partial charge >= 0.3 is 0 Å². The Hall–Kier alpha value is -3.12. The summed E-state index contributed by atoms with van der Waals surface area (Å²) in [7, 11) is 0. The quantitative estimate of drug-likeness (QED) is 0.260. The Morgan fingerprint density at radius 3 is 1.63 bits per heavy atom. The van der Waals surface area contributed by atoms with Crippen LogP contribution in [0.2, 0.25) is 0 Å². The van der Waals surface area contributed by atoms with Crippen molar-refractivity contribution in [3.05, 3.63) is 102 Å². The molecule has 0 N–H and O–H groups in total. The van der Waals surface area contributed by atoms with Crippen LogP contribution in [0.5, 0.6) is 0 Å². The third kappa shape index (κ3) is 2.98. The van der Waals surface area contributed by atoms with E-state index in [1.807, 2.05) is 0 Å². The Morgan fingerprint density at radius 1 is 0.630 bits per heavy atom. The van der Waals surface area contributed by atoms with Crippen molar-refractivity contribution in [3.8, 4) is 11.1 Å². The lowest BCUT2D eigenvalue weighted by Gasteiger charge is -2.18. The van der Waals surface area contributed by atoms with E-state index in [1.54, 1.807) is 0 Å². The monoisotopic (exact) mass is 348 g/mol. The van der Waals surface area contributed by atoms with E-state index in [0.717, 1.165) is 0 Å².